The van der Waals surface area contributed by atoms with Crippen molar-refractivity contribution in [1.29, 1.82) is 0 Å². The Kier molecular flexibility index (Phi) is 17.1. The van der Waals surface area contributed by atoms with Gasteiger partial charge in [-0.1, -0.05) is 19.3 Å². The summed E-state index contributed by atoms with van der Waals surface area (Å²) in [5, 5.41) is 9.55. The van der Waals surface area contributed by atoms with E-state index in [1.165, 1.54) is 32.1 Å². The molecule has 7 nitrogen and oxygen atoms in total. The molecule has 0 unspecified atom stereocenters. The fourth-order valence-electron chi connectivity index (χ4n) is 3.28. The maximum atomic E-state index is 12.0. The van der Waals surface area contributed by atoms with Gasteiger partial charge in [0, 0.05) is 59.9 Å². The highest BCUT2D eigenvalue weighted by Gasteiger charge is 2.16. The van der Waals surface area contributed by atoms with E-state index in [4.69, 9.17) is 4.74 Å². The third-order valence-electron chi connectivity index (χ3n) is 4.84. The Hall–Kier alpha value is -0.610. The van der Waals surface area contributed by atoms with Crippen LogP contribution >= 0.6 is 24.0 Å². The Balaban J connectivity index is 0.00000676. The number of hydrogen-bond donors (Lipinski definition) is 3. The number of hydrogen-bond acceptors (Lipinski definition) is 4. The molecule has 0 aromatic heterocycles. The number of carbonyl (C=O) groups excluding carboxylic acids is 1. The number of halogens is 1. The van der Waals surface area contributed by atoms with E-state index in [9.17, 15) is 4.79 Å². The fraction of sp³-hybridized carbons (Fsp3) is 0.895. The van der Waals surface area contributed by atoms with Crippen molar-refractivity contribution in [1.82, 2.24) is 20.9 Å². The van der Waals surface area contributed by atoms with Crippen LogP contribution in [0, 0.1) is 5.92 Å². The Morgan fingerprint density at radius 1 is 1.07 bits per heavy atom. The molecule has 1 amide bonds. The zero-order chi connectivity index (χ0) is 19.0. The van der Waals surface area contributed by atoms with Crippen LogP contribution in [0.25, 0.3) is 0 Å². The van der Waals surface area contributed by atoms with E-state index in [0.29, 0.717) is 25.4 Å². The molecule has 1 fully saturated rings. The highest BCUT2D eigenvalue weighted by Crippen LogP contribution is 2.25. The van der Waals surface area contributed by atoms with Crippen LogP contribution in [0.4, 0.5) is 0 Å². The second-order valence-electron chi connectivity index (χ2n) is 7.13. The predicted octanol–water partition coefficient (Wildman–Crippen LogP) is 1.82. The molecule has 0 heterocycles. The Bertz CT molecular complexity index is 404. The molecule has 1 rings (SSSR count). The largest absolute Gasteiger partial charge is 0.385 e. The molecular weight excluding hydrogens is 457 g/mol. The summed E-state index contributed by atoms with van der Waals surface area (Å²) in [6, 6.07) is 0. The lowest BCUT2D eigenvalue weighted by Gasteiger charge is -2.21. The van der Waals surface area contributed by atoms with Crippen LogP contribution in [0.2, 0.25) is 0 Å². The van der Waals surface area contributed by atoms with Crippen molar-refractivity contribution in [3.05, 3.63) is 0 Å². The fourth-order valence-corrected chi connectivity index (χ4v) is 3.28. The number of guanidine groups is 1. The van der Waals surface area contributed by atoms with Gasteiger partial charge in [-0.05, 0) is 32.2 Å². The third-order valence-corrected chi connectivity index (χ3v) is 4.84. The quantitative estimate of drug-likeness (QED) is 0.166. The van der Waals surface area contributed by atoms with Gasteiger partial charge >= 0.3 is 0 Å². The molecule has 0 aliphatic heterocycles. The first-order valence-corrected chi connectivity index (χ1v) is 10.0. The van der Waals surface area contributed by atoms with Crippen LogP contribution in [-0.4, -0.2) is 77.3 Å². The Morgan fingerprint density at radius 3 is 2.41 bits per heavy atom. The number of amides is 1. The summed E-state index contributed by atoms with van der Waals surface area (Å²) in [5.41, 5.74) is 0. The Morgan fingerprint density at radius 2 is 1.74 bits per heavy atom. The number of carbonyl (C=O) groups is 1. The average Bonchev–Trinajstić information content (AvgIpc) is 2.64. The SMILES string of the molecule is CN=C(NCCNC(=O)CC1CCCCC1)NCCN(C)CCCOC.I. The molecule has 1 aliphatic carbocycles. The summed E-state index contributed by atoms with van der Waals surface area (Å²) >= 11 is 0. The zero-order valence-corrected chi connectivity index (χ0v) is 19.7. The lowest BCUT2D eigenvalue weighted by Crippen LogP contribution is -2.43. The van der Waals surface area contributed by atoms with Crippen molar-refractivity contribution in [2.45, 2.75) is 44.9 Å². The lowest BCUT2D eigenvalue weighted by atomic mass is 9.87. The van der Waals surface area contributed by atoms with Gasteiger partial charge in [0.25, 0.3) is 0 Å². The smallest absolute Gasteiger partial charge is 0.220 e. The summed E-state index contributed by atoms with van der Waals surface area (Å²) in [5.74, 6) is 1.54. The van der Waals surface area contributed by atoms with E-state index in [2.05, 4.69) is 32.9 Å². The van der Waals surface area contributed by atoms with Crippen molar-refractivity contribution >= 4 is 35.8 Å². The molecule has 0 aromatic carbocycles. The van der Waals surface area contributed by atoms with Gasteiger partial charge in [0.2, 0.25) is 5.91 Å². The number of ether oxygens (including phenoxy) is 1. The van der Waals surface area contributed by atoms with Gasteiger partial charge in [-0.3, -0.25) is 9.79 Å². The molecule has 0 aromatic rings. The highest BCUT2D eigenvalue weighted by atomic mass is 127. The maximum absolute atomic E-state index is 12.0. The summed E-state index contributed by atoms with van der Waals surface area (Å²) in [4.78, 5) is 18.5. The van der Waals surface area contributed by atoms with Crippen LogP contribution in [0.1, 0.15) is 44.9 Å². The summed E-state index contributed by atoms with van der Waals surface area (Å²) in [6.45, 7) is 4.91. The first-order chi connectivity index (χ1) is 12.7. The summed E-state index contributed by atoms with van der Waals surface area (Å²) in [6.07, 6.45) is 8.04. The molecule has 0 atom stereocenters. The monoisotopic (exact) mass is 497 g/mol. The molecule has 0 spiro atoms. The first kappa shape index (κ1) is 26.4. The molecule has 1 aliphatic rings. The van der Waals surface area contributed by atoms with Gasteiger partial charge in [0.1, 0.15) is 0 Å². The second kappa shape index (κ2) is 17.5. The highest BCUT2D eigenvalue weighted by molar-refractivity contribution is 14.0. The molecule has 0 radical (unpaired) electrons. The van der Waals surface area contributed by atoms with Gasteiger partial charge in [-0.15, -0.1) is 24.0 Å². The number of rotatable bonds is 12. The van der Waals surface area contributed by atoms with E-state index in [0.717, 1.165) is 38.6 Å². The minimum absolute atomic E-state index is 0. The van der Waals surface area contributed by atoms with Crippen molar-refractivity contribution in [2.75, 3.05) is 60.5 Å². The number of likely N-dealkylation sites (N-methyl/N-ethyl adjacent to an activating group) is 1. The molecular formula is C19H40IN5O2. The summed E-state index contributed by atoms with van der Waals surface area (Å²) < 4.78 is 5.07. The molecule has 1 saturated carbocycles. The topological polar surface area (TPSA) is 78.0 Å². The van der Waals surface area contributed by atoms with E-state index in [-0.39, 0.29) is 29.9 Å². The van der Waals surface area contributed by atoms with E-state index < -0.39 is 0 Å². The zero-order valence-electron chi connectivity index (χ0n) is 17.4. The number of nitrogens with zero attached hydrogens (tertiary/aromatic N) is 2. The third kappa shape index (κ3) is 14.1. The average molecular weight is 497 g/mol. The van der Waals surface area contributed by atoms with E-state index in [1.54, 1.807) is 14.2 Å². The van der Waals surface area contributed by atoms with Gasteiger partial charge in [-0.25, -0.2) is 0 Å². The predicted molar refractivity (Wildman–Crippen MR) is 123 cm³/mol. The number of methoxy groups -OCH3 is 1. The second-order valence-corrected chi connectivity index (χ2v) is 7.13. The molecule has 160 valence electrons. The molecule has 8 heteroatoms. The van der Waals surface area contributed by atoms with Crippen LogP contribution < -0.4 is 16.0 Å². The normalized spacial score (nSPS) is 15.3. The number of nitrogens with one attached hydrogen (secondary N) is 3. The molecule has 0 bridgehead atoms. The maximum Gasteiger partial charge on any atom is 0.220 e. The van der Waals surface area contributed by atoms with Crippen molar-refractivity contribution in [3.63, 3.8) is 0 Å². The minimum atomic E-state index is 0. The van der Waals surface area contributed by atoms with Gasteiger partial charge in [0.15, 0.2) is 5.96 Å². The summed E-state index contributed by atoms with van der Waals surface area (Å²) in [7, 11) is 5.60. The molecule has 3 N–H and O–H groups in total. The van der Waals surface area contributed by atoms with Crippen LogP contribution in [0.15, 0.2) is 4.99 Å². The standard InChI is InChI=1S/C19H39N5O2.HI/c1-20-19(23-12-14-24(2)13-7-15-26-3)22-11-10-21-18(25)16-17-8-5-4-6-9-17;/h17H,4-16H2,1-3H3,(H,21,25)(H2,20,22,23);1H. The molecule has 0 saturated heterocycles. The van der Waals surface area contributed by atoms with Gasteiger partial charge in [-0.2, -0.15) is 0 Å². The van der Waals surface area contributed by atoms with E-state index in [1.807, 2.05) is 0 Å². The van der Waals surface area contributed by atoms with Gasteiger partial charge < -0.3 is 25.6 Å². The van der Waals surface area contributed by atoms with Crippen molar-refractivity contribution in [2.24, 2.45) is 10.9 Å². The molecule has 27 heavy (non-hydrogen) atoms. The Labute approximate surface area is 182 Å². The first-order valence-electron chi connectivity index (χ1n) is 10.0. The van der Waals surface area contributed by atoms with Crippen molar-refractivity contribution < 1.29 is 9.53 Å². The van der Waals surface area contributed by atoms with Crippen LogP contribution in [0.5, 0.6) is 0 Å². The minimum Gasteiger partial charge on any atom is -0.385 e. The number of aliphatic imine (C=N–C) groups is 1. The van der Waals surface area contributed by atoms with E-state index >= 15 is 0 Å². The van der Waals surface area contributed by atoms with Crippen LogP contribution in [-0.2, 0) is 9.53 Å². The lowest BCUT2D eigenvalue weighted by molar-refractivity contribution is -0.122. The van der Waals surface area contributed by atoms with Crippen LogP contribution in [0.3, 0.4) is 0 Å². The van der Waals surface area contributed by atoms with Gasteiger partial charge in [0.05, 0.1) is 0 Å². The van der Waals surface area contributed by atoms with Crippen molar-refractivity contribution in [3.8, 4) is 0 Å².